The van der Waals surface area contributed by atoms with Gasteiger partial charge >= 0.3 is 0 Å². The normalized spacial score (nSPS) is 14.7. The molecule has 0 radical (unpaired) electrons. The van der Waals surface area contributed by atoms with Crippen molar-refractivity contribution < 1.29 is 5.11 Å². The third kappa shape index (κ3) is 2.61. The first-order valence-electron chi connectivity index (χ1n) is 5.16. The first kappa shape index (κ1) is 12.7. The Balaban J connectivity index is 3.18. The fourth-order valence-corrected chi connectivity index (χ4v) is 1.92. The predicted molar refractivity (Wildman–Crippen MR) is 64.7 cm³/mol. The van der Waals surface area contributed by atoms with Crippen molar-refractivity contribution in [2.45, 2.75) is 46.8 Å². The third-order valence-corrected chi connectivity index (χ3v) is 2.97. The molecule has 1 aromatic rings. The standard InChI is InChI=1S/C11H19BrN2O/c1-7(2)14-9(8(12)6-13-14)10(15)11(3,4)5/h6-7,10,15H,1-5H3. The van der Waals surface area contributed by atoms with Crippen LogP contribution in [0.1, 0.15) is 52.5 Å². The topological polar surface area (TPSA) is 38.0 Å². The number of rotatable bonds is 2. The van der Waals surface area contributed by atoms with Gasteiger partial charge in [0.15, 0.2) is 0 Å². The van der Waals surface area contributed by atoms with Crippen molar-refractivity contribution in [1.29, 1.82) is 0 Å². The van der Waals surface area contributed by atoms with Crippen LogP contribution in [0.2, 0.25) is 0 Å². The second-order valence-electron chi connectivity index (χ2n) is 5.18. The number of hydrogen-bond donors (Lipinski definition) is 1. The average molecular weight is 275 g/mol. The lowest BCUT2D eigenvalue weighted by Crippen LogP contribution is -2.22. The van der Waals surface area contributed by atoms with Gasteiger partial charge in [-0.1, -0.05) is 20.8 Å². The smallest absolute Gasteiger partial charge is 0.102 e. The number of aliphatic hydroxyl groups is 1. The Hall–Kier alpha value is -0.350. The molecule has 0 bridgehead atoms. The van der Waals surface area contributed by atoms with E-state index in [1.54, 1.807) is 6.20 Å². The SMILES string of the molecule is CC(C)n1ncc(Br)c1C(O)C(C)(C)C. The Bertz CT molecular complexity index is 339. The monoisotopic (exact) mass is 274 g/mol. The van der Waals surface area contributed by atoms with Crippen molar-refractivity contribution in [3.63, 3.8) is 0 Å². The summed E-state index contributed by atoms with van der Waals surface area (Å²) in [6, 6.07) is 0.253. The van der Waals surface area contributed by atoms with Crippen LogP contribution < -0.4 is 0 Å². The minimum absolute atomic E-state index is 0.185. The molecule has 1 unspecified atom stereocenters. The highest BCUT2D eigenvalue weighted by Gasteiger charge is 2.29. The van der Waals surface area contributed by atoms with Crippen molar-refractivity contribution in [2.75, 3.05) is 0 Å². The fourth-order valence-electron chi connectivity index (χ4n) is 1.43. The predicted octanol–water partition coefficient (Wildman–Crippen LogP) is 3.31. The van der Waals surface area contributed by atoms with E-state index in [2.05, 4.69) is 34.9 Å². The first-order chi connectivity index (χ1) is 6.75. The van der Waals surface area contributed by atoms with Crippen molar-refractivity contribution >= 4 is 15.9 Å². The van der Waals surface area contributed by atoms with Crippen LogP contribution in [-0.4, -0.2) is 14.9 Å². The number of aliphatic hydroxyl groups excluding tert-OH is 1. The molecule has 86 valence electrons. The van der Waals surface area contributed by atoms with Crippen LogP contribution in [0.3, 0.4) is 0 Å². The molecule has 0 spiro atoms. The van der Waals surface area contributed by atoms with Gasteiger partial charge in [-0.2, -0.15) is 5.10 Å². The molecule has 4 heteroatoms. The van der Waals surface area contributed by atoms with Gasteiger partial charge in [-0.3, -0.25) is 4.68 Å². The molecule has 15 heavy (non-hydrogen) atoms. The van der Waals surface area contributed by atoms with Gasteiger partial charge in [-0.15, -0.1) is 0 Å². The molecule has 0 aliphatic heterocycles. The number of halogens is 1. The zero-order valence-electron chi connectivity index (χ0n) is 9.95. The van der Waals surface area contributed by atoms with Crippen LogP contribution in [0.5, 0.6) is 0 Å². The Kier molecular flexibility index (Phi) is 3.61. The van der Waals surface area contributed by atoms with Gasteiger partial charge < -0.3 is 5.11 Å². The van der Waals surface area contributed by atoms with Crippen molar-refractivity contribution in [3.05, 3.63) is 16.4 Å². The average Bonchev–Trinajstić information content (AvgIpc) is 2.44. The molecule has 3 nitrogen and oxygen atoms in total. The summed E-state index contributed by atoms with van der Waals surface area (Å²) < 4.78 is 2.73. The molecule has 1 rings (SSSR count). The molecule has 0 saturated carbocycles. The lowest BCUT2D eigenvalue weighted by atomic mass is 9.87. The fraction of sp³-hybridized carbons (Fsp3) is 0.727. The zero-order valence-corrected chi connectivity index (χ0v) is 11.5. The quantitative estimate of drug-likeness (QED) is 0.899. The van der Waals surface area contributed by atoms with E-state index in [0.29, 0.717) is 0 Å². The molecule has 0 aliphatic carbocycles. The Labute approximate surface area is 99.6 Å². The highest BCUT2D eigenvalue weighted by Crippen LogP contribution is 2.37. The first-order valence-corrected chi connectivity index (χ1v) is 5.95. The van der Waals surface area contributed by atoms with Gasteiger partial charge in [0, 0.05) is 6.04 Å². The molecular formula is C11H19BrN2O. The van der Waals surface area contributed by atoms with Crippen LogP contribution in [0.25, 0.3) is 0 Å². The van der Waals surface area contributed by atoms with Gasteiger partial charge in [-0.25, -0.2) is 0 Å². The maximum Gasteiger partial charge on any atom is 0.102 e. The summed E-state index contributed by atoms with van der Waals surface area (Å²) in [7, 11) is 0. The van der Waals surface area contributed by atoms with Gasteiger partial charge in [0.1, 0.15) is 6.10 Å². The van der Waals surface area contributed by atoms with Crippen LogP contribution in [0.15, 0.2) is 10.7 Å². The largest absolute Gasteiger partial charge is 0.386 e. The summed E-state index contributed by atoms with van der Waals surface area (Å²) in [6.07, 6.45) is 1.22. The van der Waals surface area contributed by atoms with E-state index in [9.17, 15) is 5.11 Å². The van der Waals surface area contributed by atoms with Crippen LogP contribution in [0.4, 0.5) is 0 Å². The number of hydrogen-bond acceptors (Lipinski definition) is 2. The lowest BCUT2D eigenvalue weighted by Gasteiger charge is -2.27. The summed E-state index contributed by atoms with van der Waals surface area (Å²) in [5.41, 5.74) is 0.673. The molecule has 0 saturated heterocycles. The van der Waals surface area contributed by atoms with Crippen molar-refractivity contribution in [1.82, 2.24) is 9.78 Å². The molecular weight excluding hydrogens is 256 g/mol. The Morgan fingerprint density at radius 1 is 1.40 bits per heavy atom. The summed E-state index contributed by atoms with van der Waals surface area (Å²) in [4.78, 5) is 0. The van der Waals surface area contributed by atoms with E-state index >= 15 is 0 Å². The van der Waals surface area contributed by atoms with E-state index in [1.165, 1.54) is 0 Å². The number of nitrogens with zero attached hydrogens (tertiary/aromatic N) is 2. The minimum Gasteiger partial charge on any atom is -0.386 e. The highest BCUT2D eigenvalue weighted by molar-refractivity contribution is 9.10. The summed E-state index contributed by atoms with van der Waals surface area (Å²) in [5, 5.41) is 14.5. The van der Waals surface area contributed by atoms with Gasteiger partial charge in [0.05, 0.1) is 16.4 Å². The summed E-state index contributed by atoms with van der Waals surface area (Å²) >= 11 is 3.44. The maximum atomic E-state index is 10.3. The Morgan fingerprint density at radius 2 is 1.93 bits per heavy atom. The lowest BCUT2D eigenvalue weighted by molar-refractivity contribution is 0.0529. The highest BCUT2D eigenvalue weighted by atomic mass is 79.9. The number of aromatic nitrogens is 2. The molecule has 0 amide bonds. The molecule has 0 aromatic carbocycles. The minimum atomic E-state index is -0.517. The van der Waals surface area contributed by atoms with E-state index in [-0.39, 0.29) is 11.5 Å². The van der Waals surface area contributed by atoms with Crippen LogP contribution in [0, 0.1) is 5.41 Å². The van der Waals surface area contributed by atoms with E-state index in [1.807, 2.05) is 25.5 Å². The van der Waals surface area contributed by atoms with Gasteiger partial charge in [-0.05, 0) is 35.2 Å². The molecule has 0 aliphatic rings. The third-order valence-electron chi connectivity index (χ3n) is 2.36. The molecule has 0 fully saturated rings. The van der Waals surface area contributed by atoms with Crippen LogP contribution in [-0.2, 0) is 0 Å². The zero-order chi connectivity index (χ0) is 11.8. The van der Waals surface area contributed by atoms with E-state index in [0.717, 1.165) is 10.2 Å². The van der Waals surface area contributed by atoms with Crippen LogP contribution >= 0.6 is 15.9 Å². The maximum absolute atomic E-state index is 10.3. The molecule has 1 N–H and O–H groups in total. The van der Waals surface area contributed by atoms with Gasteiger partial charge in [0.25, 0.3) is 0 Å². The Morgan fingerprint density at radius 3 is 2.33 bits per heavy atom. The molecule has 1 aromatic heterocycles. The summed E-state index contributed by atoms with van der Waals surface area (Å²) in [5.74, 6) is 0. The van der Waals surface area contributed by atoms with Crippen molar-refractivity contribution in [2.24, 2.45) is 5.41 Å². The molecule has 1 atom stereocenters. The van der Waals surface area contributed by atoms with E-state index < -0.39 is 6.10 Å². The van der Waals surface area contributed by atoms with Crippen molar-refractivity contribution in [3.8, 4) is 0 Å². The van der Waals surface area contributed by atoms with E-state index in [4.69, 9.17) is 0 Å². The second kappa shape index (κ2) is 4.26. The molecule has 1 heterocycles. The second-order valence-corrected chi connectivity index (χ2v) is 6.04. The van der Waals surface area contributed by atoms with Gasteiger partial charge in [0.2, 0.25) is 0 Å². The summed E-state index contributed by atoms with van der Waals surface area (Å²) in [6.45, 7) is 10.2.